The lowest BCUT2D eigenvalue weighted by molar-refractivity contribution is 0.480. The van der Waals surface area contributed by atoms with Crippen molar-refractivity contribution in [2.75, 3.05) is 24.1 Å². The third kappa shape index (κ3) is 3.71. The van der Waals surface area contributed by atoms with Crippen LogP contribution in [0.1, 0.15) is 18.4 Å². The Hall–Kier alpha value is -2.90. The molecule has 0 spiro atoms. The lowest BCUT2D eigenvalue weighted by Crippen LogP contribution is -2.38. The van der Waals surface area contributed by atoms with Gasteiger partial charge in [-0.05, 0) is 43.0 Å². The van der Waals surface area contributed by atoms with E-state index in [4.69, 9.17) is 11.1 Å². The van der Waals surface area contributed by atoms with Crippen LogP contribution in [0.25, 0.3) is 10.8 Å². The van der Waals surface area contributed by atoms with Crippen molar-refractivity contribution in [1.82, 2.24) is 5.32 Å². The van der Waals surface area contributed by atoms with Crippen LogP contribution < -0.4 is 16.4 Å². The highest BCUT2D eigenvalue weighted by Gasteiger charge is 2.28. The van der Waals surface area contributed by atoms with E-state index in [1.807, 2.05) is 18.2 Å². The highest BCUT2D eigenvalue weighted by atomic mass is 32.2. The minimum Gasteiger partial charge on any atom is -0.398 e. The van der Waals surface area contributed by atoms with E-state index in [2.05, 4.69) is 10.6 Å². The Kier molecular flexibility index (Phi) is 5.25. The van der Waals surface area contributed by atoms with Gasteiger partial charge < -0.3 is 16.4 Å². The molecular weight excluding hydrogens is 384 g/mol. The number of piperidine rings is 1. The first-order chi connectivity index (χ1) is 14.0. The Balaban J connectivity index is 1.77. The molecule has 1 unspecified atom stereocenters. The van der Waals surface area contributed by atoms with Crippen molar-refractivity contribution in [2.45, 2.75) is 23.8 Å². The van der Waals surface area contributed by atoms with Gasteiger partial charge in [-0.25, -0.2) is 8.42 Å². The van der Waals surface area contributed by atoms with Gasteiger partial charge in [-0.1, -0.05) is 42.5 Å². The maximum atomic E-state index is 13.4. The molecule has 0 aromatic heterocycles. The van der Waals surface area contributed by atoms with Gasteiger partial charge in [-0.15, -0.1) is 0 Å². The number of rotatable bonds is 4. The lowest BCUT2D eigenvalue weighted by atomic mass is 10.1. The summed E-state index contributed by atoms with van der Waals surface area (Å²) in [5.41, 5.74) is 7.23. The Bertz CT molecular complexity index is 1160. The molecule has 0 amide bonds. The number of nitrogens with one attached hydrogen (secondary N) is 3. The minimum atomic E-state index is -4.06. The van der Waals surface area contributed by atoms with E-state index in [9.17, 15) is 8.42 Å². The van der Waals surface area contributed by atoms with Gasteiger partial charge in [0.15, 0.2) is 5.04 Å². The molecule has 4 rings (SSSR count). The molecule has 29 heavy (non-hydrogen) atoms. The molecule has 1 heterocycles. The van der Waals surface area contributed by atoms with E-state index < -0.39 is 14.9 Å². The molecule has 6 nitrogen and oxygen atoms in total. The van der Waals surface area contributed by atoms with Gasteiger partial charge in [-0.3, -0.25) is 5.41 Å². The van der Waals surface area contributed by atoms with Crippen LogP contribution in [0.3, 0.4) is 0 Å². The molecule has 0 bridgehead atoms. The summed E-state index contributed by atoms with van der Waals surface area (Å²) in [6, 6.07) is 17.7. The van der Waals surface area contributed by atoms with Crippen LogP contribution in [-0.4, -0.2) is 32.6 Å². The molecule has 3 aromatic rings. The van der Waals surface area contributed by atoms with Crippen LogP contribution in [-0.2, 0) is 9.84 Å². The summed E-state index contributed by atoms with van der Waals surface area (Å²) in [5.74, 6) is 0. The number of nitrogen functional groups attached to an aromatic ring is 1. The fourth-order valence-corrected chi connectivity index (χ4v) is 5.26. The third-order valence-electron chi connectivity index (χ3n) is 5.29. The smallest absolute Gasteiger partial charge is 0.224 e. The first kappa shape index (κ1) is 19.4. The summed E-state index contributed by atoms with van der Waals surface area (Å²) in [7, 11) is -4.06. The zero-order chi connectivity index (χ0) is 20.4. The topological polar surface area (TPSA) is 108 Å². The largest absolute Gasteiger partial charge is 0.398 e. The van der Waals surface area contributed by atoms with Gasteiger partial charge in [0.2, 0.25) is 9.84 Å². The summed E-state index contributed by atoms with van der Waals surface area (Å²) < 4.78 is 26.8. The molecule has 0 saturated carbocycles. The average molecular weight is 409 g/mol. The van der Waals surface area contributed by atoms with Crippen molar-refractivity contribution in [3.63, 3.8) is 0 Å². The van der Waals surface area contributed by atoms with Crippen molar-refractivity contribution in [3.05, 3.63) is 66.2 Å². The zero-order valence-electron chi connectivity index (χ0n) is 16.0. The van der Waals surface area contributed by atoms with Gasteiger partial charge in [-0.2, -0.15) is 0 Å². The second-order valence-corrected chi connectivity index (χ2v) is 9.12. The third-order valence-corrected chi connectivity index (χ3v) is 6.96. The molecule has 1 atom stereocenters. The second kappa shape index (κ2) is 7.85. The van der Waals surface area contributed by atoms with Crippen LogP contribution in [0.2, 0.25) is 0 Å². The molecule has 3 aromatic carbocycles. The molecule has 1 aliphatic heterocycles. The van der Waals surface area contributed by atoms with Crippen molar-refractivity contribution in [3.8, 4) is 0 Å². The molecule has 1 fully saturated rings. The van der Waals surface area contributed by atoms with Crippen molar-refractivity contribution in [2.24, 2.45) is 0 Å². The second-order valence-electron chi connectivity index (χ2n) is 7.27. The molecular formula is C22H24N4O2S. The predicted octanol–water partition coefficient (Wildman–Crippen LogP) is 3.39. The minimum absolute atomic E-state index is 0.120. The maximum Gasteiger partial charge on any atom is 0.224 e. The highest BCUT2D eigenvalue weighted by molar-refractivity contribution is 8.07. The summed E-state index contributed by atoms with van der Waals surface area (Å²) >= 11 is 0. The number of fused-ring (bicyclic) bond motifs is 1. The van der Waals surface area contributed by atoms with Crippen LogP contribution in [0.5, 0.6) is 0 Å². The number of sulfone groups is 1. The van der Waals surface area contributed by atoms with Gasteiger partial charge in [0.25, 0.3) is 0 Å². The fraction of sp³-hybridized carbons (Fsp3) is 0.227. The van der Waals surface area contributed by atoms with Crippen LogP contribution in [0.15, 0.2) is 65.6 Å². The van der Waals surface area contributed by atoms with Crippen molar-refractivity contribution in [1.29, 1.82) is 5.41 Å². The fourth-order valence-electron chi connectivity index (χ4n) is 3.81. The summed E-state index contributed by atoms with van der Waals surface area (Å²) in [6.45, 7) is 1.77. The normalized spacial score (nSPS) is 17.2. The van der Waals surface area contributed by atoms with Gasteiger partial charge in [0, 0.05) is 29.3 Å². The van der Waals surface area contributed by atoms with Crippen LogP contribution in [0, 0.1) is 5.41 Å². The van der Waals surface area contributed by atoms with Gasteiger partial charge in [0.05, 0.1) is 10.5 Å². The number of benzene rings is 3. The van der Waals surface area contributed by atoms with E-state index in [0.717, 1.165) is 31.3 Å². The van der Waals surface area contributed by atoms with Crippen LogP contribution >= 0.6 is 0 Å². The number of hydrogen-bond donors (Lipinski definition) is 4. The summed E-state index contributed by atoms with van der Waals surface area (Å²) in [6.07, 6.45) is 2.02. The van der Waals surface area contributed by atoms with Crippen LogP contribution in [0.4, 0.5) is 11.4 Å². The molecule has 1 aliphatic rings. The lowest BCUT2D eigenvalue weighted by Gasteiger charge is -2.26. The Morgan fingerprint density at radius 3 is 2.62 bits per heavy atom. The number of hydrogen-bond acceptors (Lipinski definition) is 6. The average Bonchev–Trinajstić information content (AvgIpc) is 2.74. The zero-order valence-corrected chi connectivity index (χ0v) is 16.8. The Morgan fingerprint density at radius 2 is 1.83 bits per heavy atom. The maximum absolute atomic E-state index is 13.4. The van der Waals surface area contributed by atoms with Gasteiger partial charge in [0.1, 0.15) is 0 Å². The van der Waals surface area contributed by atoms with Gasteiger partial charge >= 0.3 is 0 Å². The first-order valence-electron chi connectivity index (χ1n) is 9.66. The summed E-state index contributed by atoms with van der Waals surface area (Å²) in [4.78, 5) is 0.120. The molecule has 7 heteroatoms. The van der Waals surface area contributed by atoms with Crippen molar-refractivity contribution < 1.29 is 8.42 Å². The predicted molar refractivity (Wildman–Crippen MR) is 118 cm³/mol. The molecule has 5 N–H and O–H groups in total. The van der Waals surface area contributed by atoms with E-state index in [1.54, 1.807) is 42.5 Å². The van der Waals surface area contributed by atoms with E-state index in [1.165, 1.54) is 0 Å². The quantitative estimate of drug-likeness (QED) is 0.301. The van der Waals surface area contributed by atoms with E-state index >= 15 is 0 Å². The number of anilines is 2. The van der Waals surface area contributed by atoms with E-state index in [-0.39, 0.29) is 22.2 Å². The molecule has 0 aliphatic carbocycles. The highest BCUT2D eigenvalue weighted by Crippen LogP contribution is 2.31. The Labute approximate surface area is 170 Å². The SMILES string of the molecule is N=C(c1c(N)cccc1NC1CCCNC1)S(=O)(=O)c1cccc2ccccc12. The molecule has 1 saturated heterocycles. The summed E-state index contributed by atoms with van der Waals surface area (Å²) in [5, 5.41) is 16.3. The standard InChI is InChI=1S/C22H24N4O2S/c23-18-10-4-11-19(26-16-8-5-13-25-14-16)21(18)22(24)29(27,28)20-12-3-7-15-6-1-2-9-17(15)20/h1-4,6-7,9-12,16,24-26H,5,8,13-14,23H2. The monoisotopic (exact) mass is 408 g/mol. The molecule has 150 valence electrons. The van der Waals surface area contributed by atoms with Crippen molar-refractivity contribution >= 4 is 37.0 Å². The van der Waals surface area contributed by atoms with E-state index in [0.29, 0.717) is 11.1 Å². The number of nitrogens with two attached hydrogens (primary N) is 1. The first-order valence-corrected chi connectivity index (χ1v) is 11.1. The molecule has 0 radical (unpaired) electrons. The Morgan fingerprint density at radius 1 is 1.07 bits per heavy atom.